The standard InChI is InChI=1S/C15H25NO4/c1-11(2)6-3-4-9-15(20)13(17)10-12(16-15)7-5-8-14(18)19/h10-11,16,20H,3-9H2,1-2H3,(H,18,19)/t15-/m0/s1. The van der Waals surface area contributed by atoms with Crippen molar-refractivity contribution in [3.63, 3.8) is 0 Å². The zero-order valence-electron chi connectivity index (χ0n) is 12.3. The number of aliphatic hydroxyl groups is 1. The fraction of sp³-hybridized carbons (Fsp3) is 0.733. The number of unbranched alkanes of at least 4 members (excludes halogenated alkanes) is 1. The molecule has 1 heterocycles. The van der Waals surface area contributed by atoms with E-state index in [9.17, 15) is 14.7 Å². The van der Waals surface area contributed by atoms with Crippen LogP contribution in [0.15, 0.2) is 11.8 Å². The second-order valence-corrected chi connectivity index (χ2v) is 5.91. The van der Waals surface area contributed by atoms with Gasteiger partial charge in [0.2, 0.25) is 5.78 Å². The van der Waals surface area contributed by atoms with Crippen LogP contribution in [0.4, 0.5) is 0 Å². The van der Waals surface area contributed by atoms with Crippen molar-refractivity contribution in [3.8, 4) is 0 Å². The second kappa shape index (κ2) is 7.43. The van der Waals surface area contributed by atoms with Gasteiger partial charge in [0.05, 0.1) is 0 Å². The molecule has 0 saturated carbocycles. The minimum absolute atomic E-state index is 0.0695. The van der Waals surface area contributed by atoms with Gasteiger partial charge >= 0.3 is 5.97 Å². The zero-order valence-corrected chi connectivity index (χ0v) is 12.3. The van der Waals surface area contributed by atoms with Crippen molar-refractivity contribution >= 4 is 11.8 Å². The Bertz CT molecular complexity index is 389. The summed E-state index contributed by atoms with van der Waals surface area (Å²) >= 11 is 0. The number of carbonyl (C=O) groups is 2. The van der Waals surface area contributed by atoms with Gasteiger partial charge in [-0.15, -0.1) is 0 Å². The molecule has 0 saturated heterocycles. The number of allylic oxidation sites excluding steroid dienone is 1. The summed E-state index contributed by atoms with van der Waals surface area (Å²) in [6, 6.07) is 0. The van der Waals surface area contributed by atoms with E-state index >= 15 is 0 Å². The van der Waals surface area contributed by atoms with E-state index in [4.69, 9.17) is 5.11 Å². The molecular weight excluding hydrogens is 258 g/mol. The average molecular weight is 283 g/mol. The van der Waals surface area contributed by atoms with E-state index in [1.54, 1.807) is 0 Å². The molecule has 114 valence electrons. The van der Waals surface area contributed by atoms with E-state index in [2.05, 4.69) is 19.2 Å². The van der Waals surface area contributed by atoms with Crippen molar-refractivity contribution in [1.29, 1.82) is 0 Å². The minimum Gasteiger partial charge on any atom is -0.481 e. The van der Waals surface area contributed by atoms with E-state index in [0.717, 1.165) is 19.3 Å². The molecule has 1 aliphatic heterocycles. The van der Waals surface area contributed by atoms with E-state index in [0.29, 0.717) is 30.9 Å². The van der Waals surface area contributed by atoms with Crippen molar-refractivity contribution in [2.24, 2.45) is 5.92 Å². The lowest BCUT2D eigenvalue weighted by Crippen LogP contribution is -2.46. The molecule has 0 radical (unpaired) electrons. The molecule has 0 aromatic heterocycles. The van der Waals surface area contributed by atoms with Gasteiger partial charge in [-0.3, -0.25) is 9.59 Å². The monoisotopic (exact) mass is 283 g/mol. The van der Waals surface area contributed by atoms with Gasteiger partial charge in [-0.25, -0.2) is 0 Å². The fourth-order valence-electron chi connectivity index (χ4n) is 2.32. The van der Waals surface area contributed by atoms with E-state index in [1.807, 2.05) is 0 Å². The topological polar surface area (TPSA) is 86.6 Å². The third-order valence-corrected chi connectivity index (χ3v) is 3.49. The molecular formula is C15H25NO4. The quantitative estimate of drug-likeness (QED) is 0.565. The van der Waals surface area contributed by atoms with Crippen LogP contribution in [0.1, 0.15) is 58.8 Å². The van der Waals surface area contributed by atoms with Crippen LogP contribution in [-0.2, 0) is 9.59 Å². The number of ketones is 1. The zero-order chi connectivity index (χ0) is 15.2. The summed E-state index contributed by atoms with van der Waals surface area (Å²) in [5.74, 6) is -0.534. The van der Waals surface area contributed by atoms with Crippen molar-refractivity contribution < 1.29 is 19.8 Å². The Morgan fingerprint density at radius 3 is 2.65 bits per heavy atom. The summed E-state index contributed by atoms with van der Waals surface area (Å²) in [4.78, 5) is 22.3. The maximum atomic E-state index is 11.8. The van der Waals surface area contributed by atoms with Crippen LogP contribution in [-0.4, -0.2) is 27.7 Å². The van der Waals surface area contributed by atoms with E-state index in [-0.39, 0.29) is 12.2 Å². The number of carboxylic acids is 1. The van der Waals surface area contributed by atoms with Crippen molar-refractivity contribution in [2.75, 3.05) is 0 Å². The lowest BCUT2D eigenvalue weighted by atomic mass is 9.99. The van der Waals surface area contributed by atoms with Crippen LogP contribution >= 0.6 is 0 Å². The Hall–Kier alpha value is -1.36. The van der Waals surface area contributed by atoms with Crippen LogP contribution in [0.2, 0.25) is 0 Å². The first-order valence-corrected chi connectivity index (χ1v) is 7.31. The number of hydrogen-bond acceptors (Lipinski definition) is 4. The highest BCUT2D eigenvalue weighted by atomic mass is 16.4. The van der Waals surface area contributed by atoms with Gasteiger partial charge in [-0.1, -0.05) is 26.7 Å². The van der Waals surface area contributed by atoms with Crippen LogP contribution < -0.4 is 5.32 Å². The summed E-state index contributed by atoms with van der Waals surface area (Å²) < 4.78 is 0. The Balaban J connectivity index is 2.34. The predicted octanol–water partition coefficient (Wildman–Crippen LogP) is 2.20. The lowest BCUT2D eigenvalue weighted by molar-refractivity contribution is -0.137. The number of nitrogens with one attached hydrogen (secondary N) is 1. The third-order valence-electron chi connectivity index (χ3n) is 3.49. The first kappa shape index (κ1) is 16.7. The molecule has 1 atom stereocenters. The molecule has 0 amide bonds. The Morgan fingerprint density at radius 2 is 2.05 bits per heavy atom. The van der Waals surface area contributed by atoms with Crippen LogP contribution in [0.3, 0.4) is 0 Å². The van der Waals surface area contributed by atoms with Gasteiger partial charge in [0.25, 0.3) is 0 Å². The van der Waals surface area contributed by atoms with Gasteiger partial charge in [0, 0.05) is 24.6 Å². The van der Waals surface area contributed by atoms with Crippen LogP contribution in [0.25, 0.3) is 0 Å². The Kier molecular flexibility index (Phi) is 6.20. The van der Waals surface area contributed by atoms with Crippen LogP contribution in [0, 0.1) is 5.92 Å². The average Bonchev–Trinajstić information content (AvgIpc) is 2.60. The van der Waals surface area contributed by atoms with E-state index in [1.165, 1.54) is 6.08 Å². The normalized spacial score (nSPS) is 22.0. The number of carbonyl (C=O) groups excluding carboxylic acids is 1. The van der Waals surface area contributed by atoms with Crippen molar-refractivity contribution in [3.05, 3.63) is 11.8 Å². The second-order valence-electron chi connectivity index (χ2n) is 5.91. The molecule has 5 nitrogen and oxygen atoms in total. The molecule has 1 rings (SSSR count). The van der Waals surface area contributed by atoms with Gasteiger partial charge in [0.1, 0.15) is 0 Å². The molecule has 0 aromatic rings. The Morgan fingerprint density at radius 1 is 1.35 bits per heavy atom. The molecule has 0 aromatic carbocycles. The number of hydrogen-bond donors (Lipinski definition) is 3. The molecule has 0 bridgehead atoms. The predicted molar refractivity (Wildman–Crippen MR) is 76.0 cm³/mol. The lowest BCUT2D eigenvalue weighted by Gasteiger charge is -2.23. The van der Waals surface area contributed by atoms with Gasteiger partial charge < -0.3 is 15.5 Å². The maximum Gasteiger partial charge on any atom is 0.303 e. The SMILES string of the molecule is CC(C)CCCC[C@@]1(O)NC(CCCC(=O)O)=CC1=O. The molecule has 5 heteroatoms. The highest BCUT2D eigenvalue weighted by Crippen LogP contribution is 2.24. The minimum atomic E-state index is -1.48. The number of rotatable bonds is 9. The smallest absolute Gasteiger partial charge is 0.303 e. The summed E-state index contributed by atoms with van der Waals surface area (Å²) in [6.45, 7) is 4.30. The highest BCUT2D eigenvalue weighted by molar-refractivity contribution is 5.99. The number of carboxylic acid groups (broad SMARTS) is 1. The molecule has 3 N–H and O–H groups in total. The molecule has 20 heavy (non-hydrogen) atoms. The molecule has 0 spiro atoms. The molecule has 0 fully saturated rings. The first-order chi connectivity index (χ1) is 9.33. The van der Waals surface area contributed by atoms with Gasteiger partial charge in [-0.05, 0) is 25.2 Å². The third kappa shape index (κ3) is 5.33. The van der Waals surface area contributed by atoms with E-state index < -0.39 is 11.7 Å². The fourth-order valence-corrected chi connectivity index (χ4v) is 2.32. The highest BCUT2D eigenvalue weighted by Gasteiger charge is 2.38. The molecule has 1 aliphatic rings. The first-order valence-electron chi connectivity index (χ1n) is 7.31. The number of aliphatic carboxylic acids is 1. The largest absolute Gasteiger partial charge is 0.481 e. The van der Waals surface area contributed by atoms with Crippen LogP contribution in [0.5, 0.6) is 0 Å². The summed E-state index contributed by atoms with van der Waals surface area (Å²) in [5, 5.41) is 21.7. The van der Waals surface area contributed by atoms with Crippen molar-refractivity contribution in [1.82, 2.24) is 5.32 Å². The summed E-state index contributed by atoms with van der Waals surface area (Å²) in [6.07, 6.45) is 5.69. The Labute approximate surface area is 120 Å². The van der Waals surface area contributed by atoms with Gasteiger partial charge in [0.15, 0.2) is 5.72 Å². The maximum absolute atomic E-state index is 11.8. The van der Waals surface area contributed by atoms with Gasteiger partial charge in [-0.2, -0.15) is 0 Å². The molecule has 0 aliphatic carbocycles. The summed E-state index contributed by atoms with van der Waals surface area (Å²) in [5.41, 5.74) is -0.835. The molecule has 0 unspecified atom stereocenters. The van der Waals surface area contributed by atoms with Crippen molar-refractivity contribution in [2.45, 2.75) is 64.5 Å². The summed E-state index contributed by atoms with van der Waals surface area (Å²) in [7, 11) is 0.